The van der Waals surface area contributed by atoms with Crippen molar-refractivity contribution in [3.63, 3.8) is 0 Å². The zero-order chi connectivity index (χ0) is 22.8. The number of aromatic nitrogens is 2. The van der Waals surface area contributed by atoms with Crippen LogP contribution in [0.3, 0.4) is 0 Å². The summed E-state index contributed by atoms with van der Waals surface area (Å²) >= 11 is 3.11. The van der Waals surface area contributed by atoms with Crippen LogP contribution in [0.4, 0.5) is 5.69 Å². The Labute approximate surface area is 197 Å². The Hall–Kier alpha value is -3.12. The molecular formula is C22H20N4O5S2. The molecule has 0 unspecified atom stereocenters. The molecule has 0 bridgehead atoms. The third-order valence-electron chi connectivity index (χ3n) is 5.27. The minimum Gasteiger partial charge on any atom is -0.496 e. The lowest BCUT2D eigenvalue weighted by Gasteiger charge is -2.25. The fourth-order valence-corrected chi connectivity index (χ4v) is 5.40. The van der Waals surface area contributed by atoms with Crippen LogP contribution < -0.4 is 9.47 Å². The van der Waals surface area contributed by atoms with Crippen LogP contribution in [-0.2, 0) is 11.3 Å². The minimum atomic E-state index is -0.487. The topological polar surface area (TPSA) is 99.9 Å². The van der Waals surface area contributed by atoms with Crippen molar-refractivity contribution in [2.75, 3.05) is 33.4 Å². The second-order valence-electron chi connectivity index (χ2n) is 7.33. The number of morpholine rings is 1. The first-order chi connectivity index (χ1) is 16.1. The summed E-state index contributed by atoms with van der Waals surface area (Å²) in [4.78, 5) is 24.8. The van der Waals surface area contributed by atoms with Crippen molar-refractivity contribution in [1.82, 2.24) is 14.9 Å². The Kier molecular flexibility index (Phi) is 6.18. The first-order valence-electron chi connectivity index (χ1n) is 10.2. The molecule has 0 radical (unpaired) electrons. The van der Waals surface area contributed by atoms with Gasteiger partial charge in [-0.3, -0.25) is 15.0 Å². The number of nitro benzene ring substituents is 1. The molecule has 4 aromatic rings. The van der Waals surface area contributed by atoms with Crippen LogP contribution in [0.25, 0.3) is 20.7 Å². The predicted octanol–water partition coefficient (Wildman–Crippen LogP) is 4.96. The van der Waals surface area contributed by atoms with Crippen molar-refractivity contribution >= 4 is 38.6 Å². The van der Waals surface area contributed by atoms with E-state index in [1.165, 1.54) is 30.6 Å². The summed E-state index contributed by atoms with van der Waals surface area (Å²) in [7, 11) is 1.46. The van der Waals surface area contributed by atoms with Crippen molar-refractivity contribution in [3.05, 3.63) is 57.0 Å². The van der Waals surface area contributed by atoms with Crippen LogP contribution in [0.15, 0.2) is 41.1 Å². The zero-order valence-corrected chi connectivity index (χ0v) is 19.4. The van der Waals surface area contributed by atoms with Gasteiger partial charge in [-0.05, 0) is 23.6 Å². The van der Waals surface area contributed by atoms with E-state index in [2.05, 4.69) is 4.90 Å². The first kappa shape index (κ1) is 21.7. The lowest BCUT2D eigenvalue weighted by molar-refractivity contribution is -0.385. The quantitative estimate of drug-likeness (QED) is 0.268. The van der Waals surface area contributed by atoms with Crippen LogP contribution in [0.5, 0.6) is 17.4 Å². The van der Waals surface area contributed by atoms with E-state index in [9.17, 15) is 10.1 Å². The maximum atomic E-state index is 11.7. The van der Waals surface area contributed by atoms with Crippen molar-refractivity contribution in [3.8, 4) is 27.8 Å². The summed E-state index contributed by atoms with van der Waals surface area (Å²) in [5.74, 6) is 1.39. The molecule has 0 amide bonds. The molecule has 11 heteroatoms. The summed E-state index contributed by atoms with van der Waals surface area (Å²) in [6, 6.07) is 8.50. The minimum absolute atomic E-state index is 0.0986. The summed E-state index contributed by atoms with van der Waals surface area (Å²) < 4.78 is 16.7. The molecule has 1 saturated heterocycles. The fraction of sp³-hybridized carbons (Fsp3) is 0.273. The van der Waals surface area contributed by atoms with E-state index >= 15 is 0 Å². The van der Waals surface area contributed by atoms with Crippen molar-refractivity contribution in [1.29, 1.82) is 0 Å². The lowest BCUT2D eigenvalue weighted by atomic mass is 10.2. The normalized spacial score (nSPS) is 14.5. The standard InChI is InChI=1S/C22H20N4O5S2/c1-29-14-4-5-17(16(11-14)26(27)28)31-21-20-15(18-3-2-10-32-18)13-33-22(20)24-19(23-21)12-25-6-8-30-9-7-25/h2-5,10-11,13H,6-9,12H2,1H3. The Morgan fingerprint density at radius 1 is 1.21 bits per heavy atom. The molecule has 170 valence electrons. The second-order valence-corrected chi connectivity index (χ2v) is 9.14. The largest absolute Gasteiger partial charge is 0.496 e. The van der Waals surface area contributed by atoms with E-state index in [0.29, 0.717) is 37.2 Å². The van der Waals surface area contributed by atoms with Crippen molar-refractivity contribution in [2.45, 2.75) is 6.54 Å². The third kappa shape index (κ3) is 4.53. The van der Waals surface area contributed by atoms with Crippen molar-refractivity contribution < 1.29 is 19.1 Å². The summed E-state index contributed by atoms with van der Waals surface area (Å²) in [5, 5.41) is 16.5. The maximum Gasteiger partial charge on any atom is 0.315 e. The van der Waals surface area contributed by atoms with E-state index < -0.39 is 4.92 Å². The molecule has 9 nitrogen and oxygen atoms in total. The number of ether oxygens (including phenoxy) is 3. The van der Waals surface area contributed by atoms with Gasteiger partial charge in [-0.2, -0.15) is 4.98 Å². The zero-order valence-electron chi connectivity index (χ0n) is 17.7. The number of benzene rings is 1. The lowest BCUT2D eigenvalue weighted by Crippen LogP contribution is -2.36. The monoisotopic (exact) mass is 484 g/mol. The van der Waals surface area contributed by atoms with E-state index in [1.54, 1.807) is 17.4 Å². The van der Waals surface area contributed by atoms with Crippen LogP contribution in [0, 0.1) is 10.1 Å². The molecule has 4 heterocycles. The predicted molar refractivity (Wildman–Crippen MR) is 127 cm³/mol. The highest BCUT2D eigenvalue weighted by Crippen LogP contribution is 2.43. The molecule has 0 N–H and O–H groups in total. The van der Waals surface area contributed by atoms with Gasteiger partial charge in [0.25, 0.3) is 0 Å². The van der Waals surface area contributed by atoms with Gasteiger partial charge in [-0.1, -0.05) is 6.07 Å². The molecular weight excluding hydrogens is 464 g/mol. The van der Waals surface area contributed by atoms with Gasteiger partial charge >= 0.3 is 5.69 Å². The average molecular weight is 485 g/mol. The van der Waals surface area contributed by atoms with Gasteiger partial charge in [-0.15, -0.1) is 22.7 Å². The van der Waals surface area contributed by atoms with E-state index in [1.807, 2.05) is 22.9 Å². The number of fused-ring (bicyclic) bond motifs is 1. The van der Waals surface area contributed by atoms with Gasteiger partial charge in [0.05, 0.1) is 43.2 Å². The molecule has 0 aliphatic carbocycles. The molecule has 3 aromatic heterocycles. The molecule has 0 spiro atoms. The highest BCUT2D eigenvalue weighted by Gasteiger charge is 2.23. The molecule has 1 aromatic carbocycles. The molecule has 1 aliphatic rings. The molecule has 0 atom stereocenters. The first-order valence-corrected chi connectivity index (χ1v) is 12.0. The summed E-state index contributed by atoms with van der Waals surface area (Å²) in [6.45, 7) is 3.49. The molecule has 0 saturated carbocycles. The second kappa shape index (κ2) is 9.40. The number of hydrogen-bond donors (Lipinski definition) is 0. The Bertz CT molecular complexity index is 1290. The average Bonchev–Trinajstić information content (AvgIpc) is 3.50. The third-order valence-corrected chi connectivity index (χ3v) is 7.05. The summed E-state index contributed by atoms with van der Waals surface area (Å²) in [5.41, 5.74) is 0.762. The van der Waals surface area contributed by atoms with Gasteiger partial charge in [0, 0.05) is 28.9 Å². The SMILES string of the molecule is COc1ccc(Oc2nc(CN3CCOCC3)nc3scc(-c4cccs4)c23)c([N+](=O)[O-])c1. The smallest absolute Gasteiger partial charge is 0.315 e. The van der Waals surface area contributed by atoms with Gasteiger partial charge in [0.2, 0.25) is 11.6 Å². The Morgan fingerprint density at radius 3 is 2.79 bits per heavy atom. The Morgan fingerprint density at radius 2 is 2.06 bits per heavy atom. The van der Waals surface area contributed by atoms with Crippen LogP contribution >= 0.6 is 22.7 Å². The van der Waals surface area contributed by atoms with E-state index in [-0.39, 0.29) is 11.4 Å². The number of rotatable bonds is 7. The van der Waals surface area contributed by atoms with Crippen LogP contribution in [-0.4, -0.2) is 53.2 Å². The summed E-state index contributed by atoms with van der Waals surface area (Å²) in [6.07, 6.45) is 0. The number of thiophene rings is 2. The highest BCUT2D eigenvalue weighted by atomic mass is 32.1. The van der Waals surface area contributed by atoms with Crippen LogP contribution in [0.2, 0.25) is 0 Å². The van der Waals surface area contributed by atoms with Gasteiger partial charge < -0.3 is 14.2 Å². The number of nitrogens with zero attached hydrogens (tertiary/aromatic N) is 4. The molecule has 33 heavy (non-hydrogen) atoms. The number of nitro groups is 1. The van der Waals surface area contributed by atoms with Crippen molar-refractivity contribution in [2.24, 2.45) is 0 Å². The molecule has 1 fully saturated rings. The van der Waals surface area contributed by atoms with E-state index in [0.717, 1.165) is 33.7 Å². The Balaban J connectivity index is 1.60. The maximum absolute atomic E-state index is 11.7. The van der Waals surface area contributed by atoms with E-state index in [4.69, 9.17) is 24.2 Å². The number of methoxy groups -OCH3 is 1. The van der Waals surface area contributed by atoms with Gasteiger partial charge in [0.15, 0.2) is 0 Å². The van der Waals surface area contributed by atoms with Gasteiger partial charge in [0.1, 0.15) is 16.4 Å². The van der Waals surface area contributed by atoms with Gasteiger partial charge in [-0.25, -0.2) is 4.98 Å². The fourth-order valence-electron chi connectivity index (χ4n) is 3.63. The highest BCUT2D eigenvalue weighted by molar-refractivity contribution is 7.18. The molecule has 5 rings (SSSR count). The number of hydrogen-bond acceptors (Lipinski definition) is 10. The molecule has 1 aliphatic heterocycles. The van der Waals surface area contributed by atoms with Crippen LogP contribution in [0.1, 0.15) is 5.82 Å².